The summed E-state index contributed by atoms with van der Waals surface area (Å²) in [7, 11) is 0. The number of piperazine rings is 1. The Balaban J connectivity index is 1.14. The number of carbonyl (C=O) groups excluding carboxylic acids is 1. The summed E-state index contributed by atoms with van der Waals surface area (Å²) in [6.45, 7) is 6.39. The van der Waals surface area contributed by atoms with E-state index in [-0.39, 0.29) is 5.91 Å². The molecule has 2 aliphatic rings. The van der Waals surface area contributed by atoms with Gasteiger partial charge in [0.05, 0.1) is 11.3 Å². The average Bonchev–Trinajstić information content (AvgIpc) is 3.21. The predicted molar refractivity (Wildman–Crippen MR) is 132 cm³/mol. The van der Waals surface area contributed by atoms with Crippen molar-refractivity contribution in [3.05, 3.63) is 84.2 Å². The molecule has 1 saturated heterocycles. The molecule has 2 aliphatic heterocycles. The monoisotopic (exact) mass is 442 g/mol. The van der Waals surface area contributed by atoms with Crippen LogP contribution in [-0.4, -0.2) is 71.2 Å². The van der Waals surface area contributed by atoms with E-state index in [1.54, 1.807) is 12.1 Å². The largest absolute Gasteiger partial charge is 0.508 e. The van der Waals surface area contributed by atoms with Gasteiger partial charge in [-0.15, -0.1) is 0 Å². The molecule has 0 saturated carbocycles. The van der Waals surface area contributed by atoms with Crippen LogP contribution in [0.25, 0.3) is 11.8 Å². The number of phenols is 1. The number of phenolic OH excluding ortho intramolecular Hbond substituents is 1. The summed E-state index contributed by atoms with van der Waals surface area (Å²) in [5.41, 5.74) is 3.96. The Hall–Kier alpha value is -3.51. The fraction of sp³-hybridized carbons (Fsp3) is 0.296. The maximum absolute atomic E-state index is 13.2. The standard InChI is InChI=1S/C27H30N4O2/c32-24-11-9-22(10-12-24)29-20-18-28(19-21-29)14-5-16-30-15-4-8-26-25(27(30)33)13-17-31(26)23-6-2-1-3-7-23/h1-4,6-13,17,32H,5,14-16,18-21H2. The smallest absolute Gasteiger partial charge is 0.256 e. The van der Waals surface area contributed by atoms with Crippen LogP contribution in [0.1, 0.15) is 22.5 Å². The van der Waals surface area contributed by atoms with E-state index in [9.17, 15) is 9.90 Å². The summed E-state index contributed by atoms with van der Waals surface area (Å²) < 4.78 is 2.08. The van der Waals surface area contributed by atoms with Crippen molar-refractivity contribution in [3.8, 4) is 11.4 Å². The van der Waals surface area contributed by atoms with Crippen LogP contribution in [0, 0.1) is 0 Å². The zero-order valence-electron chi connectivity index (χ0n) is 18.8. The normalized spacial score (nSPS) is 16.7. The molecule has 0 aliphatic carbocycles. The Bertz CT molecular complexity index is 1110. The lowest BCUT2D eigenvalue weighted by molar-refractivity contribution is 0.0768. The molecular formula is C27H30N4O2. The number of para-hydroxylation sites is 1. The summed E-state index contributed by atoms with van der Waals surface area (Å²) in [6.07, 6.45) is 7.12. The average molecular weight is 443 g/mol. The zero-order valence-corrected chi connectivity index (χ0v) is 18.8. The molecular weight excluding hydrogens is 412 g/mol. The van der Waals surface area contributed by atoms with Gasteiger partial charge in [-0.05, 0) is 61.5 Å². The predicted octanol–water partition coefficient (Wildman–Crippen LogP) is 3.86. The summed E-state index contributed by atoms with van der Waals surface area (Å²) in [5, 5.41) is 9.49. The first-order valence-corrected chi connectivity index (χ1v) is 11.7. The Morgan fingerprint density at radius 3 is 2.33 bits per heavy atom. The van der Waals surface area contributed by atoms with E-state index >= 15 is 0 Å². The maximum Gasteiger partial charge on any atom is 0.256 e. The number of aromatic hydroxyl groups is 1. The number of rotatable bonds is 6. The minimum absolute atomic E-state index is 0.113. The highest BCUT2D eigenvalue weighted by Crippen LogP contribution is 2.23. The van der Waals surface area contributed by atoms with Crippen LogP contribution in [0.2, 0.25) is 0 Å². The Labute approximate surface area is 195 Å². The van der Waals surface area contributed by atoms with Crippen LogP contribution in [0.5, 0.6) is 5.75 Å². The van der Waals surface area contributed by atoms with Crippen molar-refractivity contribution < 1.29 is 9.90 Å². The van der Waals surface area contributed by atoms with E-state index in [2.05, 4.69) is 38.7 Å². The first-order valence-electron chi connectivity index (χ1n) is 11.7. The summed E-state index contributed by atoms with van der Waals surface area (Å²) in [6, 6.07) is 19.5. The Morgan fingerprint density at radius 2 is 1.58 bits per heavy atom. The maximum atomic E-state index is 13.2. The summed E-state index contributed by atoms with van der Waals surface area (Å²) in [4.78, 5) is 20.0. The highest BCUT2D eigenvalue weighted by Gasteiger charge is 2.23. The minimum Gasteiger partial charge on any atom is -0.508 e. The lowest BCUT2D eigenvalue weighted by atomic mass is 10.2. The van der Waals surface area contributed by atoms with Gasteiger partial charge in [0.25, 0.3) is 5.91 Å². The number of nitrogens with zero attached hydrogens (tertiary/aromatic N) is 4. The molecule has 5 rings (SSSR count). The molecule has 1 aromatic heterocycles. The fourth-order valence-corrected chi connectivity index (χ4v) is 4.73. The van der Waals surface area contributed by atoms with Crippen molar-refractivity contribution in [1.82, 2.24) is 14.4 Å². The van der Waals surface area contributed by atoms with E-state index < -0.39 is 0 Å². The van der Waals surface area contributed by atoms with Gasteiger partial charge in [0.2, 0.25) is 0 Å². The van der Waals surface area contributed by atoms with Gasteiger partial charge in [0, 0.05) is 56.8 Å². The Kier molecular flexibility index (Phi) is 6.17. The second-order valence-corrected chi connectivity index (χ2v) is 8.67. The van der Waals surface area contributed by atoms with E-state index in [1.165, 1.54) is 0 Å². The number of carbonyl (C=O) groups is 1. The van der Waals surface area contributed by atoms with Crippen LogP contribution < -0.4 is 4.90 Å². The van der Waals surface area contributed by atoms with Gasteiger partial charge in [-0.1, -0.05) is 24.3 Å². The molecule has 3 aromatic rings. The molecule has 2 aromatic carbocycles. The topological polar surface area (TPSA) is 52.0 Å². The number of fused-ring (bicyclic) bond motifs is 1. The zero-order chi connectivity index (χ0) is 22.6. The minimum atomic E-state index is 0.113. The van der Waals surface area contributed by atoms with E-state index in [1.807, 2.05) is 47.5 Å². The molecule has 33 heavy (non-hydrogen) atoms. The molecule has 6 heteroatoms. The third-order valence-corrected chi connectivity index (χ3v) is 6.57. The number of aromatic nitrogens is 1. The highest BCUT2D eigenvalue weighted by atomic mass is 16.3. The molecule has 1 N–H and O–H groups in total. The number of hydrogen-bond acceptors (Lipinski definition) is 4. The van der Waals surface area contributed by atoms with Crippen LogP contribution in [-0.2, 0) is 0 Å². The van der Waals surface area contributed by atoms with Gasteiger partial charge in [-0.25, -0.2) is 0 Å². The molecule has 0 spiro atoms. The van der Waals surface area contributed by atoms with Crippen molar-refractivity contribution in [3.63, 3.8) is 0 Å². The SMILES string of the molecule is O=C1c2ccn(-c3ccccc3)c2C=CCN1CCCN1CCN(c2ccc(O)cc2)CC1. The molecule has 1 amide bonds. The number of benzene rings is 2. The molecule has 6 nitrogen and oxygen atoms in total. The van der Waals surface area contributed by atoms with Crippen LogP contribution in [0.3, 0.4) is 0 Å². The quantitative estimate of drug-likeness (QED) is 0.630. The molecule has 3 heterocycles. The summed E-state index contributed by atoms with van der Waals surface area (Å²) in [5.74, 6) is 0.417. The van der Waals surface area contributed by atoms with Crippen molar-refractivity contribution in [1.29, 1.82) is 0 Å². The van der Waals surface area contributed by atoms with Crippen molar-refractivity contribution >= 4 is 17.7 Å². The van der Waals surface area contributed by atoms with Gasteiger partial charge >= 0.3 is 0 Å². The fourth-order valence-electron chi connectivity index (χ4n) is 4.73. The van der Waals surface area contributed by atoms with Crippen LogP contribution >= 0.6 is 0 Å². The molecule has 1 fully saturated rings. The van der Waals surface area contributed by atoms with E-state index in [0.29, 0.717) is 12.3 Å². The van der Waals surface area contributed by atoms with Crippen LogP contribution in [0.4, 0.5) is 5.69 Å². The highest BCUT2D eigenvalue weighted by molar-refractivity contribution is 5.98. The summed E-state index contributed by atoms with van der Waals surface area (Å²) >= 11 is 0. The number of amides is 1. The first-order chi connectivity index (χ1) is 16.2. The van der Waals surface area contributed by atoms with E-state index in [4.69, 9.17) is 0 Å². The molecule has 170 valence electrons. The second-order valence-electron chi connectivity index (χ2n) is 8.67. The third-order valence-electron chi connectivity index (χ3n) is 6.57. The number of anilines is 1. The van der Waals surface area contributed by atoms with Crippen LogP contribution in [0.15, 0.2) is 72.9 Å². The van der Waals surface area contributed by atoms with Gasteiger partial charge in [-0.2, -0.15) is 0 Å². The molecule has 0 bridgehead atoms. The van der Waals surface area contributed by atoms with Crippen molar-refractivity contribution in [2.45, 2.75) is 6.42 Å². The molecule has 0 unspecified atom stereocenters. The van der Waals surface area contributed by atoms with Gasteiger partial charge < -0.3 is 19.5 Å². The first kappa shape index (κ1) is 21.3. The van der Waals surface area contributed by atoms with Crippen molar-refractivity contribution in [2.24, 2.45) is 0 Å². The van der Waals surface area contributed by atoms with Gasteiger partial charge in [0.1, 0.15) is 5.75 Å². The van der Waals surface area contributed by atoms with Crippen molar-refractivity contribution in [2.75, 3.05) is 50.7 Å². The van der Waals surface area contributed by atoms with Gasteiger partial charge in [-0.3, -0.25) is 9.69 Å². The Morgan fingerprint density at radius 1 is 0.818 bits per heavy atom. The molecule has 0 radical (unpaired) electrons. The number of hydrogen-bond donors (Lipinski definition) is 1. The molecule has 0 atom stereocenters. The lowest BCUT2D eigenvalue weighted by Crippen LogP contribution is -2.47. The van der Waals surface area contributed by atoms with Gasteiger partial charge in [0.15, 0.2) is 0 Å². The third kappa shape index (κ3) is 4.66. The van der Waals surface area contributed by atoms with E-state index in [0.717, 1.165) is 68.3 Å². The lowest BCUT2D eigenvalue weighted by Gasteiger charge is -2.36. The second kappa shape index (κ2) is 9.55.